The van der Waals surface area contributed by atoms with E-state index in [1.807, 2.05) is 26.0 Å². The number of hydrogen-bond acceptors (Lipinski definition) is 5. The van der Waals surface area contributed by atoms with Crippen molar-refractivity contribution in [1.29, 1.82) is 0 Å². The Morgan fingerprint density at radius 3 is 2.54 bits per heavy atom. The van der Waals surface area contributed by atoms with Gasteiger partial charge in [0.05, 0.1) is 12.5 Å². The molecule has 0 spiro atoms. The van der Waals surface area contributed by atoms with Gasteiger partial charge < -0.3 is 15.6 Å². The van der Waals surface area contributed by atoms with Crippen LogP contribution >= 0.6 is 0 Å². The Balaban J connectivity index is 1.99. The van der Waals surface area contributed by atoms with Crippen LogP contribution in [0.15, 0.2) is 42.5 Å². The summed E-state index contributed by atoms with van der Waals surface area (Å²) in [6.07, 6.45) is 3.04. The number of para-hydroxylation sites is 1. The zero-order chi connectivity index (χ0) is 25.7. The summed E-state index contributed by atoms with van der Waals surface area (Å²) in [6.45, 7) is 5.62. The number of nitrogens with two attached hydrogens (primary N) is 1. The summed E-state index contributed by atoms with van der Waals surface area (Å²) < 4.78 is 1.60. The van der Waals surface area contributed by atoms with Gasteiger partial charge >= 0.3 is 0 Å². The van der Waals surface area contributed by atoms with Gasteiger partial charge in [-0.2, -0.15) is 0 Å². The largest absolute Gasteiger partial charge is 0.364 e. The molecule has 0 aliphatic carbocycles. The van der Waals surface area contributed by atoms with Crippen molar-refractivity contribution in [1.82, 2.24) is 20.3 Å². The summed E-state index contributed by atoms with van der Waals surface area (Å²) in [7, 11) is 0. The minimum Gasteiger partial charge on any atom is -0.364 e. The maximum atomic E-state index is 13.6. The maximum Gasteiger partial charge on any atom is 0.265 e. The van der Waals surface area contributed by atoms with Gasteiger partial charge in [-0.15, -0.1) is 0 Å². The molecule has 1 fully saturated rings. The number of allylic oxidation sites excluding steroid dienone is 1. The van der Waals surface area contributed by atoms with E-state index in [-0.39, 0.29) is 29.8 Å². The molecule has 1 aromatic carbocycles. The molecule has 3 rings (SSSR count). The van der Waals surface area contributed by atoms with Gasteiger partial charge in [0.1, 0.15) is 11.7 Å². The van der Waals surface area contributed by atoms with Crippen molar-refractivity contribution in [3.63, 3.8) is 0 Å². The molecule has 0 bridgehead atoms. The topological polar surface area (TPSA) is 144 Å². The second-order valence-electron chi connectivity index (χ2n) is 9.11. The summed E-state index contributed by atoms with van der Waals surface area (Å²) in [6, 6.07) is 8.02. The molecule has 4 amide bonds. The number of aromatic nitrogens is 1. The lowest BCUT2D eigenvalue weighted by molar-refractivity contribution is -0.141. The van der Waals surface area contributed by atoms with Crippen LogP contribution < -0.4 is 16.5 Å². The Labute approximate surface area is 203 Å². The van der Waals surface area contributed by atoms with Crippen LogP contribution in [0.1, 0.15) is 50.1 Å². The van der Waals surface area contributed by atoms with Crippen molar-refractivity contribution in [3.05, 3.63) is 48.2 Å². The van der Waals surface area contributed by atoms with Gasteiger partial charge in [-0.3, -0.25) is 29.4 Å². The van der Waals surface area contributed by atoms with Crippen molar-refractivity contribution < 1.29 is 24.0 Å². The first-order chi connectivity index (χ1) is 16.6. The van der Waals surface area contributed by atoms with E-state index in [0.29, 0.717) is 24.9 Å². The molecule has 1 aliphatic rings. The summed E-state index contributed by atoms with van der Waals surface area (Å²) in [5.41, 5.74) is 9.13. The number of hydrazine groups is 1. The number of hydrogen-bond donors (Lipinski definition) is 3. The fraction of sp³-hybridized carbons (Fsp3) is 0.400. The highest BCUT2D eigenvalue weighted by Gasteiger charge is 2.32. The fourth-order valence-corrected chi connectivity index (χ4v) is 4.19. The third-order valence-corrected chi connectivity index (χ3v) is 5.85. The predicted molar refractivity (Wildman–Crippen MR) is 130 cm³/mol. The molecule has 35 heavy (non-hydrogen) atoms. The van der Waals surface area contributed by atoms with Crippen molar-refractivity contribution in [2.24, 2.45) is 17.6 Å². The highest BCUT2D eigenvalue weighted by atomic mass is 16.2. The second-order valence-corrected chi connectivity index (χ2v) is 9.11. The third-order valence-electron chi connectivity index (χ3n) is 5.85. The molecule has 0 unspecified atom stereocenters. The summed E-state index contributed by atoms with van der Waals surface area (Å²) >= 11 is 0. The first-order valence-corrected chi connectivity index (χ1v) is 11.6. The Kier molecular flexibility index (Phi) is 8.06. The number of ketones is 1. The Morgan fingerprint density at radius 1 is 1.23 bits per heavy atom. The lowest BCUT2D eigenvalue weighted by atomic mass is 10.0. The summed E-state index contributed by atoms with van der Waals surface area (Å²) in [4.78, 5) is 62.2. The normalized spacial score (nSPS) is 16.5. The van der Waals surface area contributed by atoms with Gasteiger partial charge in [-0.05, 0) is 43.9 Å². The number of fused-ring (bicyclic) bond motifs is 1. The molecule has 1 aromatic heterocycles. The van der Waals surface area contributed by atoms with Crippen LogP contribution in [0, 0.1) is 11.8 Å². The molecule has 2 aromatic rings. The van der Waals surface area contributed by atoms with Gasteiger partial charge in [-0.25, -0.2) is 5.01 Å². The average molecular weight is 482 g/mol. The van der Waals surface area contributed by atoms with Crippen LogP contribution in [0.25, 0.3) is 10.9 Å². The quantitative estimate of drug-likeness (QED) is 0.367. The van der Waals surface area contributed by atoms with E-state index in [1.165, 1.54) is 6.92 Å². The number of rotatable bonds is 9. The number of carbonyl (C=O) groups is 5. The van der Waals surface area contributed by atoms with E-state index in [9.17, 15) is 24.0 Å². The molecule has 1 saturated heterocycles. The Morgan fingerprint density at radius 2 is 1.94 bits per heavy atom. The molecular formula is C25H31N5O5. The van der Waals surface area contributed by atoms with Crippen molar-refractivity contribution in [2.75, 3.05) is 13.1 Å². The van der Waals surface area contributed by atoms with E-state index in [4.69, 9.17) is 5.73 Å². The maximum absolute atomic E-state index is 13.6. The summed E-state index contributed by atoms with van der Waals surface area (Å²) in [5, 5.41) is 4.52. The molecule has 10 heteroatoms. The van der Waals surface area contributed by atoms with Crippen molar-refractivity contribution in [3.8, 4) is 0 Å². The first-order valence-electron chi connectivity index (χ1n) is 11.6. The standard InChI is InChI=1S/C25H31N5O5/c1-15(2)12-21(30-19-7-5-4-6-17(19)13-20(30)23(26)33)25(35)28-29(22(32)9-8-16(3)31)14-18-10-11-27-24(18)34/h4-9,13,15,18,21H,10-12,14H2,1-3H3,(H2,26,33)(H,27,34)(H,28,35)/b9-8+/t18-,21-/m0/s1. The molecule has 2 heterocycles. The van der Waals surface area contributed by atoms with E-state index in [1.54, 1.807) is 22.8 Å². The lowest BCUT2D eigenvalue weighted by Crippen LogP contribution is -2.51. The smallest absolute Gasteiger partial charge is 0.265 e. The van der Waals surface area contributed by atoms with Crippen molar-refractivity contribution >= 4 is 40.3 Å². The molecule has 1 aliphatic heterocycles. The third kappa shape index (κ3) is 6.14. The second kappa shape index (κ2) is 11.0. The minimum atomic E-state index is -0.859. The average Bonchev–Trinajstić information content (AvgIpc) is 3.38. The SMILES string of the molecule is CC(=O)/C=C/C(=O)N(C[C@@H]1CCNC1=O)NC(=O)[C@H](CC(C)C)n1c(C(N)=O)cc2ccccc21. The van der Waals surface area contributed by atoms with Crippen LogP contribution in [0.3, 0.4) is 0 Å². The predicted octanol–water partition coefficient (Wildman–Crippen LogP) is 1.47. The first kappa shape index (κ1) is 25.7. The molecule has 4 N–H and O–H groups in total. The summed E-state index contributed by atoms with van der Waals surface area (Å²) in [5.74, 6) is -2.82. The van der Waals surface area contributed by atoms with Crippen molar-refractivity contribution in [2.45, 2.75) is 39.7 Å². The Bertz CT molecular complexity index is 1180. The van der Waals surface area contributed by atoms with Gasteiger partial charge in [0, 0.05) is 23.5 Å². The van der Waals surface area contributed by atoms with Gasteiger partial charge in [0.25, 0.3) is 17.7 Å². The number of nitrogens with one attached hydrogen (secondary N) is 2. The fourth-order valence-electron chi connectivity index (χ4n) is 4.19. The van der Waals surface area contributed by atoms with Gasteiger partial charge in [0.2, 0.25) is 5.91 Å². The van der Waals surface area contributed by atoms with E-state index >= 15 is 0 Å². The molecule has 2 atom stereocenters. The van der Waals surface area contributed by atoms with Crippen LogP contribution in [0.2, 0.25) is 0 Å². The minimum absolute atomic E-state index is 0.0534. The lowest BCUT2D eigenvalue weighted by Gasteiger charge is -2.29. The molecule has 0 radical (unpaired) electrons. The number of benzene rings is 1. The number of carbonyl (C=O) groups excluding carboxylic acids is 5. The van der Waals surface area contributed by atoms with Crippen LogP contribution in [-0.2, 0) is 19.2 Å². The van der Waals surface area contributed by atoms with E-state index < -0.39 is 29.7 Å². The number of primary amides is 1. The highest BCUT2D eigenvalue weighted by molar-refractivity contribution is 6.00. The highest BCUT2D eigenvalue weighted by Crippen LogP contribution is 2.28. The molecule has 10 nitrogen and oxygen atoms in total. The zero-order valence-corrected chi connectivity index (χ0v) is 20.1. The van der Waals surface area contributed by atoms with Gasteiger partial charge in [-0.1, -0.05) is 32.0 Å². The molecule has 0 saturated carbocycles. The van der Waals surface area contributed by atoms with Crippen LogP contribution in [0.4, 0.5) is 0 Å². The number of nitrogens with zero attached hydrogens (tertiary/aromatic N) is 2. The zero-order valence-electron chi connectivity index (χ0n) is 20.1. The molecule has 186 valence electrons. The van der Waals surface area contributed by atoms with Crippen LogP contribution in [0.5, 0.6) is 0 Å². The van der Waals surface area contributed by atoms with E-state index in [0.717, 1.165) is 22.5 Å². The Hall–Kier alpha value is -3.95. The van der Waals surface area contributed by atoms with Crippen LogP contribution in [-0.4, -0.2) is 52.1 Å². The molecular weight excluding hydrogens is 450 g/mol. The van der Waals surface area contributed by atoms with E-state index in [2.05, 4.69) is 10.7 Å². The monoisotopic (exact) mass is 481 g/mol. The van der Waals surface area contributed by atoms with Gasteiger partial charge in [0.15, 0.2) is 5.78 Å². The number of amides is 4.